The zero-order chi connectivity index (χ0) is 18.5. The number of hydrogen-bond donors (Lipinski definition) is 3. The molecule has 2 fully saturated rings. The van der Waals surface area contributed by atoms with Crippen LogP contribution in [0, 0.1) is 0 Å². The molecule has 1 aliphatic heterocycles. The number of aromatic carboxylic acids is 1. The van der Waals surface area contributed by atoms with Crippen molar-refractivity contribution in [2.45, 2.75) is 57.0 Å². The molecule has 0 radical (unpaired) electrons. The average molecular weight is 379 g/mol. The maximum Gasteiger partial charge on any atom is 0.345 e. The summed E-state index contributed by atoms with van der Waals surface area (Å²) >= 11 is 1.00. The first-order chi connectivity index (χ1) is 12.5. The van der Waals surface area contributed by atoms with Crippen LogP contribution in [-0.2, 0) is 0 Å². The second-order valence-corrected chi connectivity index (χ2v) is 8.07. The van der Waals surface area contributed by atoms with Crippen LogP contribution < -0.4 is 10.6 Å². The van der Waals surface area contributed by atoms with E-state index in [-0.39, 0.29) is 28.9 Å². The molecule has 0 bridgehead atoms. The van der Waals surface area contributed by atoms with E-state index in [9.17, 15) is 14.4 Å². The number of likely N-dealkylation sites (tertiary alicyclic amines) is 1. The lowest BCUT2D eigenvalue weighted by Crippen LogP contribution is -2.51. The minimum absolute atomic E-state index is 0.0700. The van der Waals surface area contributed by atoms with E-state index >= 15 is 0 Å². The predicted molar refractivity (Wildman–Crippen MR) is 98.7 cm³/mol. The van der Waals surface area contributed by atoms with Crippen LogP contribution in [0.5, 0.6) is 0 Å². The Balaban J connectivity index is 1.43. The van der Waals surface area contributed by atoms with Gasteiger partial charge in [0, 0.05) is 25.2 Å². The largest absolute Gasteiger partial charge is 0.477 e. The molecule has 0 aromatic carbocycles. The van der Waals surface area contributed by atoms with Crippen LogP contribution in [0.25, 0.3) is 0 Å². The number of hydrogen-bond acceptors (Lipinski definition) is 4. The fourth-order valence-corrected chi connectivity index (χ4v) is 4.42. The Labute approximate surface area is 156 Å². The van der Waals surface area contributed by atoms with Crippen molar-refractivity contribution in [3.63, 3.8) is 0 Å². The van der Waals surface area contributed by atoms with Crippen molar-refractivity contribution in [3.8, 4) is 0 Å². The molecule has 7 nitrogen and oxygen atoms in total. The highest BCUT2D eigenvalue weighted by molar-refractivity contribution is 7.15. The highest BCUT2D eigenvalue weighted by atomic mass is 32.1. The van der Waals surface area contributed by atoms with E-state index in [1.165, 1.54) is 25.3 Å². The second kappa shape index (κ2) is 8.53. The number of amides is 3. The number of nitrogens with one attached hydrogen (secondary N) is 2. The first kappa shape index (κ1) is 18.7. The Morgan fingerprint density at radius 1 is 0.923 bits per heavy atom. The van der Waals surface area contributed by atoms with Gasteiger partial charge in [-0.3, -0.25) is 4.79 Å². The SMILES string of the molecule is O=C(NC1CCCCC1)NC1CCN(C(=O)c2ccc(C(=O)O)s2)CC1. The zero-order valence-corrected chi connectivity index (χ0v) is 15.5. The standard InChI is InChI=1S/C18H25N3O4S/c22-16(14-6-7-15(26-14)17(23)24)21-10-8-13(9-11-21)20-18(25)19-12-4-2-1-3-5-12/h6-7,12-13H,1-5,8-11H2,(H,23,24)(H2,19,20,25). The van der Waals surface area contributed by atoms with Gasteiger partial charge in [0.25, 0.3) is 5.91 Å². The quantitative estimate of drug-likeness (QED) is 0.749. The number of carboxylic acid groups (broad SMARTS) is 1. The number of urea groups is 1. The average Bonchev–Trinajstić information content (AvgIpc) is 3.13. The molecule has 0 unspecified atom stereocenters. The summed E-state index contributed by atoms with van der Waals surface area (Å²) in [6.45, 7) is 1.13. The molecule has 3 rings (SSSR count). The minimum atomic E-state index is -1.01. The number of carbonyl (C=O) groups excluding carboxylic acids is 2. The molecule has 1 aliphatic carbocycles. The second-order valence-electron chi connectivity index (χ2n) is 6.99. The lowest BCUT2D eigenvalue weighted by molar-refractivity contribution is 0.0698. The number of thiophene rings is 1. The summed E-state index contributed by atoms with van der Waals surface area (Å²) in [6.07, 6.45) is 7.14. The molecule has 142 valence electrons. The van der Waals surface area contributed by atoms with Crippen LogP contribution in [0.4, 0.5) is 4.79 Å². The van der Waals surface area contributed by atoms with Gasteiger partial charge in [0.2, 0.25) is 0 Å². The van der Waals surface area contributed by atoms with Gasteiger partial charge in [-0.15, -0.1) is 11.3 Å². The molecule has 0 spiro atoms. The third-order valence-corrected chi connectivity index (χ3v) is 6.15. The molecule has 1 saturated heterocycles. The van der Waals surface area contributed by atoms with Gasteiger partial charge in [0.05, 0.1) is 4.88 Å². The Morgan fingerprint density at radius 2 is 1.50 bits per heavy atom. The van der Waals surface area contributed by atoms with Gasteiger partial charge in [-0.2, -0.15) is 0 Å². The van der Waals surface area contributed by atoms with Gasteiger partial charge in [0.1, 0.15) is 4.88 Å². The molecule has 0 atom stereocenters. The van der Waals surface area contributed by atoms with Crippen LogP contribution >= 0.6 is 11.3 Å². The van der Waals surface area contributed by atoms with E-state index < -0.39 is 5.97 Å². The van der Waals surface area contributed by atoms with Gasteiger partial charge in [-0.05, 0) is 37.8 Å². The van der Waals surface area contributed by atoms with Crippen LogP contribution in [0.3, 0.4) is 0 Å². The molecule has 1 aromatic heterocycles. The molecule has 2 heterocycles. The number of carbonyl (C=O) groups is 3. The minimum Gasteiger partial charge on any atom is -0.477 e. The number of carboxylic acids is 1. The third-order valence-electron chi connectivity index (χ3n) is 5.09. The van der Waals surface area contributed by atoms with Gasteiger partial charge < -0.3 is 20.6 Å². The summed E-state index contributed by atoms with van der Waals surface area (Å²) in [5.41, 5.74) is 0. The molecule has 1 aromatic rings. The van der Waals surface area contributed by atoms with E-state index in [1.807, 2.05) is 0 Å². The summed E-state index contributed by atoms with van der Waals surface area (Å²) in [4.78, 5) is 37.9. The highest BCUT2D eigenvalue weighted by Crippen LogP contribution is 2.21. The Kier molecular flexibility index (Phi) is 6.13. The van der Waals surface area contributed by atoms with Crippen LogP contribution in [0.1, 0.15) is 64.3 Å². The highest BCUT2D eigenvalue weighted by Gasteiger charge is 2.26. The first-order valence-corrected chi connectivity index (χ1v) is 10.0. The van der Waals surface area contributed by atoms with Crippen molar-refractivity contribution in [2.75, 3.05) is 13.1 Å². The summed E-state index contributed by atoms with van der Waals surface area (Å²) in [6, 6.07) is 3.28. The molecular formula is C18H25N3O4S. The van der Waals surface area contributed by atoms with Gasteiger partial charge in [-0.1, -0.05) is 19.3 Å². The monoisotopic (exact) mass is 379 g/mol. The molecule has 8 heteroatoms. The van der Waals surface area contributed by atoms with Crippen molar-refractivity contribution in [1.29, 1.82) is 0 Å². The molecule has 26 heavy (non-hydrogen) atoms. The van der Waals surface area contributed by atoms with Gasteiger partial charge >= 0.3 is 12.0 Å². The molecular weight excluding hydrogens is 354 g/mol. The van der Waals surface area contributed by atoms with E-state index in [2.05, 4.69) is 10.6 Å². The summed E-state index contributed by atoms with van der Waals surface area (Å²) in [7, 11) is 0. The van der Waals surface area contributed by atoms with Gasteiger partial charge in [0.15, 0.2) is 0 Å². The van der Waals surface area contributed by atoms with E-state index in [1.54, 1.807) is 11.0 Å². The van der Waals surface area contributed by atoms with Crippen LogP contribution in [0.15, 0.2) is 12.1 Å². The summed E-state index contributed by atoms with van der Waals surface area (Å²) < 4.78 is 0. The fourth-order valence-electron chi connectivity index (χ4n) is 3.61. The predicted octanol–water partition coefficient (Wildman–Crippen LogP) is 2.68. The van der Waals surface area contributed by atoms with Crippen molar-refractivity contribution < 1.29 is 19.5 Å². The van der Waals surface area contributed by atoms with Gasteiger partial charge in [-0.25, -0.2) is 9.59 Å². The van der Waals surface area contributed by atoms with Crippen molar-refractivity contribution >= 4 is 29.2 Å². The molecule has 2 aliphatic rings. The normalized spacial score (nSPS) is 19.2. The number of nitrogens with zero attached hydrogens (tertiary/aromatic N) is 1. The molecule has 1 saturated carbocycles. The number of rotatable bonds is 4. The Hall–Kier alpha value is -2.09. The summed E-state index contributed by atoms with van der Waals surface area (Å²) in [5, 5.41) is 15.0. The Morgan fingerprint density at radius 3 is 2.08 bits per heavy atom. The smallest absolute Gasteiger partial charge is 0.345 e. The van der Waals surface area contributed by atoms with Crippen LogP contribution in [0.2, 0.25) is 0 Å². The van der Waals surface area contributed by atoms with E-state index in [0.29, 0.717) is 30.8 Å². The van der Waals surface area contributed by atoms with Crippen LogP contribution in [-0.4, -0.2) is 53.1 Å². The number of piperidine rings is 1. The topological polar surface area (TPSA) is 98.7 Å². The van der Waals surface area contributed by atoms with Crippen molar-refractivity contribution in [2.24, 2.45) is 0 Å². The molecule has 3 amide bonds. The zero-order valence-electron chi connectivity index (χ0n) is 14.7. The van der Waals surface area contributed by atoms with E-state index in [4.69, 9.17) is 5.11 Å². The van der Waals surface area contributed by atoms with Crippen molar-refractivity contribution in [1.82, 2.24) is 15.5 Å². The third kappa shape index (κ3) is 4.75. The lowest BCUT2D eigenvalue weighted by atomic mass is 9.96. The molecule has 3 N–H and O–H groups in total. The maximum atomic E-state index is 12.5. The van der Waals surface area contributed by atoms with E-state index in [0.717, 1.165) is 24.2 Å². The Bertz CT molecular complexity index is 661. The maximum absolute atomic E-state index is 12.5. The fraction of sp³-hybridized carbons (Fsp3) is 0.611. The first-order valence-electron chi connectivity index (χ1n) is 9.22. The summed E-state index contributed by atoms with van der Waals surface area (Å²) in [5.74, 6) is -1.14. The van der Waals surface area contributed by atoms with Crippen molar-refractivity contribution in [3.05, 3.63) is 21.9 Å². The lowest BCUT2D eigenvalue weighted by Gasteiger charge is -2.32.